The van der Waals surface area contributed by atoms with Gasteiger partial charge in [0.05, 0.1) is 19.2 Å². The summed E-state index contributed by atoms with van der Waals surface area (Å²) in [5, 5.41) is 11.7. The predicted octanol–water partition coefficient (Wildman–Crippen LogP) is 3.91. The Hall–Kier alpha value is -3.58. The molecule has 0 fully saturated rings. The highest BCUT2D eigenvalue weighted by Gasteiger charge is 2.32. The lowest BCUT2D eigenvalue weighted by Gasteiger charge is -2.36. The maximum atomic E-state index is 12.8. The molecule has 2 aromatic carbocycles. The van der Waals surface area contributed by atoms with Crippen LogP contribution in [0.5, 0.6) is 0 Å². The quantitative estimate of drug-likeness (QED) is 0.501. The van der Waals surface area contributed by atoms with Crippen molar-refractivity contribution in [1.29, 1.82) is 0 Å². The van der Waals surface area contributed by atoms with E-state index in [1.165, 1.54) is 12.2 Å². The van der Waals surface area contributed by atoms with E-state index in [4.69, 9.17) is 9.47 Å². The van der Waals surface area contributed by atoms with Crippen LogP contribution in [0.25, 0.3) is 0 Å². The average molecular weight is 410 g/mol. The average Bonchev–Trinajstić information content (AvgIpc) is 2.79. The molecule has 2 rings (SSSR count). The van der Waals surface area contributed by atoms with E-state index in [1.807, 2.05) is 60.7 Å². The fraction of sp³-hybridized carbons (Fsp3) is 0.217. The SMILES string of the molecule is C=CCN(C(=O)OCc1ccccc1)N(C(=O)OCc1ccccc1)[C@H](C=C)CO. The highest BCUT2D eigenvalue weighted by atomic mass is 16.6. The first-order valence-electron chi connectivity index (χ1n) is 9.43. The Balaban J connectivity index is 2.16. The third-order valence-corrected chi connectivity index (χ3v) is 4.14. The summed E-state index contributed by atoms with van der Waals surface area (Å²) in [5.74, 6) is 0. The third-order valence-electron chi connectivity index (χ3n) is 4.14. The number of hydrazine groups is 1. The van der Waals surface area contributed by atoms with E-state index in [1.54, 1.807) is 0 Å². The summed E-state index contributed by atoms with van der Waals surface area (Å²) in [5.41, 5.74) is 1.58. The Kier molecular flexibility index (Phi) is 9.15. The highest BCUT2D eigenvalue weighted by molar-refractivity contribution is 5.75. The molecule has 0 aromatic heterocycles. The van der Waals surface area contributed by atoms with Gasteiger partial charge in [-0.3, -0.25) is 0 Å². The molecule has 0 spiro atoms. The van der Waals surface area contributed by atoms with Crippen molar-refractivity contribution in [2.45, 2.75) is 19.3 Å². The molecule has 7 nitrogen and oxygen atoms in total. The van der Waals surface area contributed by atoms with Crippen molar-refractivity contribution >= 4 is 12.2 Å². The molecule has 30 heavy (non-hydrogen) atoms. The van der Waals surface area contributed by atoms with Crippen molar-refractivity contribution in [3.8, 4) is 0 Å². The maximum absolute atomic E-state index is 12.8. The first kappa shape index (κ1) is 22.7. The molecule has 0 aliphatic carbocycles. The van der Waals surface area contributed by atoms with Crippen LogP contribution >= 0.6 is 0 Å². The lowest BCUT2D eigenvalue weighted by atomic mass is 10.2. The van der Waals surface area contributed by atoms with Crippen LogP contribution in [0.2, 0.25) is 0 Å². The van der Waals surface area contributed by atoms with Gasteiger partial charge in [0.25, 0.3) is 0 Å². The number of aliphatic hydroxyl groups is 1. The maximum Gasteiger partial charge on any atom is 0.429 e. The Morgan fingerprint density at radius 3 is 1.83 bits per heavy atom. The standard InChI is InChI=1S/C23H26N2O5/c1-3-15-24(22(27)29-17-19-11-7-5-8-12-19)25(21(4-2)16-26)23(28)30-18-20-13-9-6-10-14-20/h3-14,21,26H,1-2,15-18H2/t21-/m1/s1. The molecule has 0 heterocycles. The molecule has 0 aliphatic heterocycles. The van der Waals surface area contributed by atoms with Crippen molar-refractivity contribution in [1.82, 2.24) is 10.0 Å². The van der Waals surface area contributed by atoms with E-state index < -0.39 is 24.8 Å². The zero-order valence-electron chi connectivity index (χ0n) is 16.7. The molecule has 0 aliphatic rings. The van der Waals surface area contributed by atoms with Crippen LogP contribution in [0.15, 0.2) is 86.0 Å². The van der Waals surface area contributed by atoms with E-state index in [9.17, 15) is 14.7 Å². The van der Waals surface area contributed by atoms with Gasteiger partial charge in [0.1, 0.15) is 13.2 Å². The van der Waals surface area contributed by atoms with Gasteiger partial charge in [-0.05, 0) is 11.1 Å². The first-order valence-corrected chi connectivity index (χ1v) is 9.43. The minimum Gasteiger partial charge on any atom is -0.443 e. The van der Waals surface area contributed by atoms with Gasteiger partial charge in [0, 0.05) is 0 Å². The second-order valence-corrected chi connectivity index (χ2v) is 6.28. The fourth-order valence-electron chi connectivity index (χ4n) is 2.62. The molecule has 2 aromatic rings. The van der Waals surface area contributed by atoms with Crippen molar-refractivity contribution in [3.05, 3.63) is 97.1 Å². The number of amides is 2. The zero-order chi connectivity index (χ0) is 21.8. The largest absolute Gasteiger partial charge is 0.443 e. The first-order chi connectivity index (χ1) is 14.6. The van der Waals surface area contributed by atoms with Gasteiger partial charge in [0.2, 0.25) is 0 Å². The minimum absolute atomic E-state index is 0.00641. The molecular weight excluding hydrogens is 384 g/mol. The summed E-state index contributed by atoms with van der Waals surface area (Å²) in [4.78, 5) is 25.6. The van der Waals surface area contributed by atoms with Crippen molar-refractivity contribution in [3.63, 3.8) is 0 Å². The molecule has 0 bridgehead atoms. The molecule has 1 atom stereocenters. The second kappa shape index (κ2) is 12.1. The van der Waals surface area contributed by atoms with Gasteiger partial charge in [-0.15, -0.1) is 13.2 Å². The van der Waals surface area contributed by atoms with Gasteiger partial charge in [0.15, 0.2) is 0 Å². The number of carbonyl (C=O) groups is 2. The molecule has 2 amide bonds. The van der Waals surface area contributed by atoms with Crippen molar-refractivity contribution in [2.75, 3.05) is 13.2 Å². The Bertz CT molecular complexity index is 826. The molecule has 0 unspecified atom stereocenters. The number of hydrogen-bond acceptors (Lipinski definition) is 5. The van der Waals surface area contributed by atoms with Crippen LogP contribution in [0.4, 0.5) is 9.59 Å². The van der Waals surface area contributed by atoms with E-state index in [2.05, 4.69) is 13.2 Å². The molecule has 0 saturated heterocycles. The molecule has 0 saturated carbocycles. The summed E-state index contributed by atoms with van der Waals surface area (Å²) in [6, 6.07) is 17.4. The number of rotatable bonds is 9. The lowest BCUT2D eigenvalue weighted by Crippen LogP contribution is -2.55. The lowest BCUT2D eigenvalue weighted by molar-refractivity contribution is -0.0427. The van der Waals surface area contributed by atoms with Gasteiger partial charge < -0.3 is 14.6 Å². The summed E-state index contributed by atoms with van der Waals surface area (Å²) < 4.78 is 10.7. The number of nitrogens with zero attached hydrogens (tertiary/aromatic N) is 2. The Morgan fingerprint density at radius 1 is 0.900 bits per heavy atom. The molecular formula is C23H26N2O5. The smallest absolute Gasteiger partial charge is 0.429 e. The van der Waals surface area contributed by atoms with E-state index >= 15 is 0 Å². The normalized spacial score (nSPS) is 11.1. The summed E-state index contributed by atoms with van der Waals surface area (Å²) >= 11 is 0. The van der Waals surface area contributed by atoms with Crippen molar-refractivity contribution in [2.24, 2.45) is 0 Å². The van der Waals surface area contributed by atoms with Crippen LogP contribution in [0.1, 0.15) is 11.1 Å². The van der Waals surface area contributed by atoms with Gasteiger partial charge in [-0.25, -0.2) is 19.6 Å². The Labute approximate surface area is 176 Å². The van der Waals surface area contributed by atoms with Gasteiger partial charge in [-0.2, -0.15) is 0 Å². The number of ether oxygens (including phenoxy) is 2. The van der Waals surface area contributed by atoms with Crippen molar-refractivity contribution < 1.29 is 24.2 Å². The van der Waals surface area contributed by atoms with Crippen LogP contribution < -0.4 is 0 Å². The third kappa shape index (κ3) is 6.49. The number of carbonyl (C=O) groups excluding carboxylic acids is 2. The van der Waals surface area contributed by atoms with E-state index in [0.29, 0.717) is 0 Å². The van der Waals surface area contributed by atoms with Gasteiger partial charge in [-0.1, -0.05) is 72.8 Å². The number of aliphatic hydroxyl groups excluding tert-OH is 1. The fourth-order valence-corrected chi connectivity index (χ4v) is 2.62. The zero-order valence-corrected chi connectivity index (χ0v) is 16.7. The van der Waals surface area contributed by atoms with Crippen LogP contribution in [0, 0.1) is 0 Å². The molecule has 158 valence electrons. The number of benzene rings is 2. The van der Waals surface area contributed by atoms with Crippen LogP contribution in [0.3, 0.4) is 0 Å². The monoisotopic (exact) mass is 410 g/mol. The van der Waals surface area contributed by atoms with Crippen LogP contribution in [-0.2, 0) is 22.7 Å². The van der Waals surface area contributed by atoms with E-state index in [0.717, 1.165) is 21.1 Å². The second-order valence-electron chi connectivity index (χ2n) is 6.28. The Morgan fingerprint density at radius 2 is 1.40 bits per heavy atom. The molecule has 0 radical (unpaired) electrons. The molecule has 1 N–H and O–H groups in total. The summed E-state index contributed by atoms with van der Waals surface area (Å²) in [6.07, 6.45) is 1.19. The molecule has 7 heteroatoms. The minimum atomic E-state index is -0.891. The topological polar surface area (TPSA) is 79.3 Å². The van der Waals surface area contributed by atoms with E-state index in [-0.39, 0.29) is 19.8 Å². The summed E-state index contributed by atoms with van der Waals surface area (Å²) in [7, 11) is 0. The highest BCUT2D eigenvalue weighted by Crippen LogP contribution is 2.14. The number of hydrogen-bond donors (Lipinski definition) is 1. The van der Waals surface area contributed by atoms with Gasteiger partial charge >= 0.3 is 12.2 Å². The summed E-state index contributed by atoms with van der Waals surface area (Å²) in [6.45, 7) is 6.81. The predicted molar refractivity (Wildman–Crippen MR) is 113 cm³/mol. The van der Waals surface area contributed by atoms with Crippen LogP contribution in [-0.4, -0.2) is 46.5 Å².